The molecule has 4 heteroatoms. The third kappa shape index (κ3) is 4.45. The number of hydrogen-bond acceptors (Lipinski definition) is 2. The molecule has 0 heterocycles. The Kier molecular flexibility index (Phi) is 4.77. The Morgan fingerprint density at radius 3 is 2.78 bits per heavy atom. The Bertz CT molecular complexity index is 97.0. The molecule has 9 heavy (non-hydrogen) atoms. The topological polar surface area (TPSA) is 63.3 Å². The zero-order valence-electron chi connectivity index (χ0n) is 5.33. The molecule has 0 aliphatic carbocycles. The van der Waals surface area contributed by atoms with Crippen molar-refractivity contribution in [3.8, 4) is 0 Å². The summed E-state index contributed by atoms with van der Waals surface area (Å²) in [6.45, 7) is 0. The van der Waals surface area contributed by atoms with Gasteiger partial charge in [-0.2, -0.15) is 0 Å². The number of aliphatic carboxylic acids is 1. The Labute approximate surface area is 60.8 Å². The first kappa shape index (κ1) is 8.95. The molecule has 0 saturated carbocycles. The Morgan fingerprint density at radius 1 is 1.89 bits per heavy atom. The van der Waals surface area contributed by atoms with Gasteiger partial charge in [-0.25, -0.2) is 0 Å². The van der Waals surface area contributed by atoms with Crippen LogP contribution in [-0.2, 0) is 4.79 Å². The molecule has 0 aromatic rings. The van der Waals surface area contributed by atoms with E-state index in [2.05, 4.69) is 5.82 Å². The summed E-state index contributed by atoms with van der Waals surface area (Å²) in [7, 11) is 0. The molecule has 0 aromatic heterocycles. The first-order valence-electron chi connectivity index (χ1n) is 2.65. The minimum absolute atomic E-state index is 0.549. The molecule has 0 amide bonds. The average Bonchev–Trinajstić information content (AvgIpc) is 1.82. The maximum atomic E-state index is 10.1. The number of carboxylic acids is 1. The molecule has 0 aliphatic rings. The van der Waals surface area contributed by atoms with E-state index in [0.717, 1.165) is 5.32 Å². The van der Waals surface area contributed by atoms with E-state index in [0.29, 0.717) is 21.4 Å². The molecular formula is C5H11NO2Se. The van der Waals surface area contributed by atoms with Gasteiger partial charge < -0.3 is 0 Å². The van der Waals surface area contributed by atoms with Crippen molar-refractivity contribution in [2.24, 2.45) is 5.73 Å². The van der Waals surface area contributed by atoms with Crippen molar-refractivity contribution in [1.82, 2.24) is 0 Å². The first-order chi connectivity index (χ1) is 4.18. The van der Waals surface area contributed by atoms with E-state index in [-0.39, 0.29) is 0 Å². The SMILES string of the molecule is C[75Se]CCC(N)C(=O)O. The van der Waals surface area contributed by atoms with Crippen LogP contribution >= 0.6 is 0 Å². The van der Waals surface area contributed by atoms with Gasteiger partial charge in [0.25, 0.3) is 0 Å². The molecule has 3 nitrogen and oxygen atoms in total. The quantitative estimate of drug-likeness (QED) is 0.614. The summed E-state index contributed by atoms with van der Waals surface area (Å²) in [6, 6.07) is -0.646. The van der Waals surface area contributed by atoms with Gasteiger partial charge in [0.1, 0.15) is 0 Å². The number of hydrogen-bond donors (Lipinski definition) is 2. The third-order valence-electron chi connectivity index (χ3n) is 0.950. The molecule has 0 aromatic carbocycles. The second-order valence-electron chi connectivity index (χ2n) is 1.73. The van der Waals surface area contributed by atoms with Crippen molar-refractivity contribution in [2.45, 2.75) is 23.6 Å². The van der Waals surface area contributed by atoms with Crippen LogP contribution in [0.4, 0.5) is 0 Å². The van der Waals surface area contributed by atoms with E-state index in [1.54, 1.807) is 0 Å². The van der Waals surface area contributed by atoms with Crippen LogP contribution in [0, 0.1) is 0 Å². The number of carbonyl (C=O) groups is 1. The molecule has 0 aliphatic heterocycles. The Balaban J connectivity index is 3.27. The number of rotatable bonds is 4. The second kappa shape index (κ2) is 4.79. The molecule has 1 unspecified atom stereocenters. The molecule has 1 atom stereocenters. The van der Waals surface area contributed by atoms with Gasteiger partial charge in [0, 0.05) is 0 Å². The van der Waals surface area contributed by atoms with E-state index in [1.807, 2.05) is 0 Å². The predicted octanol–water partition coefficient (Wildman–Crippen LogP) is -0.0410. The predicted molar refractivity (Wildman–Crippen MR) is 36.7 cm³/mol. The fourth-order valence-electron chi connectivity index (χ4n) is 0.368. The molecule has 0 spiro atoms. The fourth-order valence-corrected chi connectivity index (χ4v) is 1.40. The van der Waals surface area contributed by atoms with Crippen LogP contribution in [-0.4, -0.2) is 32.1 Å². The van der Waals surface area contributed by atoms with Crippen molar-refractivity contribution >= 4 is 20.9 Å². The van der Waals surface area contributed by atoms with Gasteiger partial charge in [-0.15, -0.1) is 0 Å². The standard InChI is InChI=1S/C5H11NO2Se/c1-9-3-2-4(6)5(7)8/h4H,2-3,6H2,1H3,(H,7,8)/i9-4. The van der Waals surface area contributed by atoms with Gasteiger partial charge in [0.2, 0.25) is 0 Å². The van der Waals surface area contributed by atoms with Gasteiger partial charge in [-0.3, -0.25) is 0 Å². The maximum absolute atomic E-state index is 10.1. The van der Waals surface area contributed by atoms with E-state index in [9.17, 15) is 4.79 Å². The van der Waals surface area contributed by atoms with Crippen LogP contribution in [0.25, 0.3) is 0 Å². The summed E-state index contributed by atoms with van der Waals surface area (Å²) in [5, 5.41) is 9.25. The van der Waals surface area contributed by atoms with Crippen LogP contribution in [0.3, 0.4) is 0 Å². The van der Waals surface area contributed by atoms with Crippen LogP contribution in [0.15, 0.2) is 0 Å². The summed E-state index contributed by atoms with van der Waals surface area (Å²) in [4.78, 5) is 10.1. The van der Waals surface area contributed by atoms with Gasteiger partial charge in [0.05, 0.1) is 0 Å². The van der Waals surface area contributed by atoms with E-state index >= 15 is 0 Å². The summed E-state index contributed by atoms with van der Waals surface area (Å²) < 4.78 is 0. The third-order valence-corrected chi connectivity index (χ3v) is 2.30. The number of carboxylic acid groups (broad SMARTS) is 1. The van der Waals surface area contributed by atoms with Gasteiger partial charge in [-0.1, -0.05) is 0 Å². The minimum atomic E-state index is -0.890. The van der Waals surface area contributed by atoms with Crippen LogP contribution in [0.2, 0.25) is 11.1 Å². The normalized spacial score (nSPS) is 13.1. The zero-order chi connectivity index (χ0) is 7.28. The van der Waals surface area contributed by atoms with Gasteiger partial charge in [-0.05, 0) is 0 Å². The fraction of sp³-hybridized carbons (Fsp3) is 0.800. The van der Waals surface area contributed by atoms with Crippen LogP contribution in [0.1, 0.15) is 6.42 Å². The van der Waals surface area contributed by atoms with E-state index in [4.69, 9.17) is 10.8 Å². The van der Waals surface area contributed by atoms with Gasteiger partial charge >= 0.3 is 60.2 Å². The Morgan fingerprint density at radius 2 is 2.44 bits per heavy atom. The van der Waals surface area contributed by atoms with E-state index < -0.39 is 12.0 Å². The molecule has 0 saturated heterocycles. The van der Waals surface area contributed by atoms with Crippen molar-refractivity contribution in [2.75, 3.05) is 0 Å². The summed E-state index contributed by atoms with van der Waals surface area (Å²) in [5.74, 6) is 1.18. The molecule has 0 radical (unpaired) electrons. The summed E-state index contributed by atoms with van der Waals surface area (Å²) >= 11 is 0.549. The van der Waals surface area contributed by atoms with Crippen LogP contribution in [0.5, 0.6) is 0 Å². The molecule has 0 bridgehead atoms. The molecule has 3 N–H and O–H groups in total. The summed E-state index contributed by atoms with van der Waals surface area (Å²) in [6.07, 6.45) is 0.617. The summed E-state index contributed by atoms with van der Waals surface area (Å²) in [5.41, 5.74) is 5.21. The van der Waals surface area contributed by atoms with Crippen molar-refractivity contribution in [3.63, 3.8) is 0 Å². The Hall–Kier alpha value is -0.0505. The zero-order valence-corrected chi connectivity index (χ0v) is 7.05. The second-order valence-corrected chi connectivity index (χ2v) is 3.79. The first-order valence-corrected chi connectivity index (χ1v) is 5.58. The molecule has 0 fully saturated rings. The van der Waals surface area contributed by atoms with E-state index in [1.165, 1.54) is 0 Å². The molecule has 54 valence electrons. The number of nitrogens with two attached hydrogens (primary N) is 1. The van der Waals surface area contributed by atoms with Crippen molar-refractivity contribution in [1.29, 1.82) is 0 Å². The monoisotopic (exact) mass is 192 g/mol. The van der Waals surface area contributed by atoms with Crippen molar-refractivity contribution < 1.29 is 9.90 Å². The average molecular weight is 192 g/mol. The van der Waals surface area contributed by atoms with Crippen LogP contribution < -0.4 is 5.73 Å². The molecular weight excluding hydrogens is 181 g/mol. The molecule has 0 rings (SSSR count). The van der Waals surface area contributed by atoms with Crippen molar-refractivity contribution in [3.05, 3.63) is 0 Å². The van der Waals surface area contributed by atoms with Gasteiger partial charge in [0.15, 0.2) is 0 Å².